The maximum atomic E-state index is 12.4. The fourth-order valence-corrected chi connectivity index (χ4v) is 2.93. The van der Waals surface area contributed by atoms with Crippen molar-refractivity contribution in [3.05, 3.63) is 33.8 Å². The first-order valence-electron chi connectivity index (χ1n) is 7.40. The van der Waals surface area contributed by atoms with E-state index in [9.17, 15) is 4.79 Å². The number of amides is 1. The van der Waals surface area contributed by atoms with Crippen LogP contribution in [0.2, 0.25) is 10.0 Å². The van der Waals surface area contributed by atoms with Gasteiger partial charge in [-0.25, -0.2) is 4.79 Å². The number of benzene rings is 1. The van der Waals surface area contributed by atoms with Gasteiger partial charge in [0.15, 0.2) is 0 Å². The number of rotatable bonds is 2. The van der Waals surface area contributed by atoms with Gasteiger partial charge in [-0.1, -0.05) is 29.3 Å². The summed E-state index contributed by atoms with van der Waals surface area (Å²) < 4.78 is 5.50. The van der Waals surface area contributed by atoms with E-state index >= 15 is 0 Å². The number of piperazine rings is 1. The fraction of sp³-hybridized carbons (Fsp3) is 0.562. The molecular formula is C16H22Cl2N2O2. The molecule has 0 spiro atoms. The van der Waals surface area contributed by atoms with Crippen LogP contribution in [0.1, 0.15) is 26.3 Å². The zero-order valence-electron chi connectivity index (χ0n) is 13.2. The third-order valence-corrected chi connectivity index (χ3v) is 4.04. The minimum absolute atomic E-state index is 0.0160. The van der Waals surface area contributed by atoms with Crippen LogP contribution in [-0.4, -0.2) is 42.3 Å². The molecule has 1 saturated heterocycles. The quantitative estimate of drug-likeness (QED) is 0.888. The number of hydrogen-bond donors (Lipinski definition) is 1. The molecule has 0 aromatic heterocycles. The lowest BCUT2D eigenvalue weighted by atomic mass is 10.0. The molecule has 1 atom stereocenters. The van der Waals surface area contributed by atoms with Gasteiger partial charge < -0.3 is 15.0 Å². The molecule has 1 aliphatic rings. The number of carbonyl (C=O) groups is 1. The Bertz CT molecular complexity index is 543. The molecule has 1 N–H and O–H groups in total. The average molecular weight is 345 g/mol. The smallest absolute Gasteiger partial charge is 0.410 e. The lowest BCUT2D eigenvalue weighted by Crippen LogP contribution is -2.55. The Kier molecular flexibility index (Phi) is 5.59. The van der Waals surface area contributed by atoms with E-state index in [0.29, 0.717) is 23.0 Å². The van der Waals surface area contributed by atoms with Crippen LogP contribution in [0.3, 0.4) is 0 Å². The number of carbonyl (C=O) groups excluding carboxylic acids is 1. The summed E-state index contributed by atoms with van der Waals surface area (Å²) in [7, 11) is 0. The molecule has 4 nitrogen and oxygen atoms in total. The molecule has 6 heteroatoms. The SMILES string of the molecule is CC(C)(C)OC(=O)N1CCNCC1Cc1ccc(Cl)cc1Cl. The molecule has 1 aliphatic heterocycles. The van der Waals surface area contributed by atoms with E-state index in [-0.39, 0.29) is 12.1 Å². The van der Waals surface area contributed by atoms with Gasteiger partial charge in [-0.15, -0.1) is 0 Å². The van der Waals surface area contributed by atoms with E-state index in [0.717, 1.165) is 18.7 Å². The minimum atomic E-state index is -0.496. The van der Waals surface area contributed by atoms with E-state index in [1.165, 1.54) is 0 Å². The van der Waals surface area contributed by atoms with Crippen molar-refractivity contribution < 1.29 is 9.53 Å². The van der Waals surface area contributed by atoms with Crippen molar-refractivity contribution in [2.24, 2.45) is 0 Å². The van der Waals surface area contributed by atoms with Gasteiger partial charge in [-0.05, 0) is 44.9 Å². The normalized spacial score (nSPS) is 19.1. The van der Waals surface area contributed by atoms with Gasteiger partial charge in [0.25, 0.3) is 0 Å². The van der Waals surface area contributed by atoms with Crippen molar-refractivity contribution >= 4 is 29.3 Å². The molecule has 1 heterocycles. The van der Waals surface area contributed by atoms with Crippen molar-refractivity contribution in [1.82, 2.24) is 10.2 Å². The molecule has 0 saturated carbocycles. The average Bonchev–Trinajstić information content (AvgIpc) is 2.40. The zero-order chi connectivity index (χ0) is 16.3. The van der Waals surface area contributed by atoms with Crippen molar-refractivity contribution in [1.29, 1.82) is 0 Å². The summed E-state index contributed by atoms with van der Waals surface area (Å²) in [6.45, 7) is 7.74. The molecule has 122 valence electrons. The van der Waals surface area contributed by atoms with Crippen molar-refractivity contribution in [3.63, 3.8) is 0 Å². The summed E-state index contributed by atoms with van der Waals surface area (Å²) in [4.78, 5) is 14.2. The second-order valence-corrected chi connectivity index (χ2v) is 7.32. The van der Waals surface area contributed by atoms with Crippen LogP contribution >= 0.6 is 23.2 Å². The summed E-state index contributed by atoms with van der Waals surface area (Å²) in [6, 6.07) is 5.47. The highest BCUT2D eigenvalue weighted by molar-refractivity contribution is 6.35. The highest BCUT2D eigenvalue weighted by Crippen LogP contribution is 2.24. The largest absolute Gasteiger partial charge is 0.444 e. The van der Waals surface area contributed by atoms with E-state index in [2.05, 4.69) is 5.32 Å². The molecule has 1 aromatic carbocycles. The lowest BCUT2D eigenvalue weighted by Gasteiger charge is -2.37. The molecule has 2 rings (SSSR count). The Labute approximate surface area is 141 Å². The Balaban J connectivity index is 2.11. The number of nitrogens with one attached hydrogen (secondary N) is 1. The first kappa shape index (κ1) is 17.4. The number of hydrogen-bond acceptors (Lipinski definition) is 3. The van der Waals surface area contributed by atoms with E-state index < -0.39 is 5.60 Å². The predicted octanol–water partition coefficient (Wildman–Crippen LogP) is 3.74. The topological polar surface area (TPSA) is 41.6 Å². The van der Waals surface area contributed by atoms with Crippen LogP contribution < -0.4 is 5.32 Å². The van der Waals surface area contributed by atoms with Crippen LogP contribution in [0.15, 0.2) is 18.2 Å². The van der Waals surface area contributed by atoms with Gasteiger partial charge in [-0.2, -0.15) is 0 Å². The number of ether oxygens (including phenoxy) is 1. The van der Waals surface area contributed by atoms with Crippen LogP contribution in [-0.2, 0) is 11.2 Å². The van der Waals surface area contributed by atoms with Crippen molar-refractivity contribution in [2.75, 3.05) is 19.6 Å². The molecule has 1 amide bonds. The van der Waals surface area contributed by atoms with Crippen LogP contribution in [0.5, 0.6) is 0 Å². The second-order valence-electron chi connectivity index (χ2n) is 6.47. The van der Waals surface area contributed by atoms with Gasteiger partial charge in [0, 0.05) is 29.7 Å². The first-order chi connectivity index (χ1) is 10.3. The van der Waals surface area contributed by atoms with Crippen molar-refractivity contribution in [3.8, 4) is 0 Å². The fourth-order valence-electron chi connectivity index (χ4n) is 2.45. The Morgan fingerprint density at radius 2 is 2.14 bits per heavy atom. The molecule has 1 fully saturated rings. The molecule has 1 unspecified atom stereocenters. The van der Waals surface area contributed by atoms with Gasteiger partial charge >= 0.3 is 6.09 Å². The Hall–Kier alpha value is -0.970. The standard InChI is InChI=1S/C16H22Cl2N2O2/c1-16(2,3)22-15(21)20-7-6-19-10-13(20)8-11-4-5-12(17)9-14(11)18/h4-5,9,13,19H,6-8,10H2,1-3H3. The number of halogens is 2. The second kappa shape index (κ2) is 7.07. The van der Waals surface area contributed by atoms with Crippen molar-refractivity contribution in [2.45, 2.75) is 38.8 Å². The minimum Gasteiger partial charge on any atom is -0.444 e. The Morgan fingerprint density at radius 1 is 1.41 bits per heavy atom. The van der Waals surface area contributed by atoms with Gasteiger partial charge in [0.05, 0.1) is 6.04 Å². The van der Waals surface area contributed by atoms with Gasteiger partial charge in [-0.3, -0.25) is 0 Å². The maximum absolute atomic E-state index is 12.4. The molecule has 0 aliphatic carbocycles. The van der Waals surface area contributed by atoms with Gasteiger partial charge in [0.1, 0.15) is 5.60 Å². The summed E-state index contributed by atoms with van der Waals surface area (Å²) >= 11 is 12.2. The van der Waals surface area contributed by atoms with Crippen LogP contribution in [0.25, 0.3) is 0 Å². The molecular weight excluding hydrogens is 323 g/mol. The third-order valence-electron chi connectivity index (χ3n) is 3.45. The zero-order valence-corrected chi connectivity index (χ0v) is 14.7. The summed E-state index contributed by atoms with van der Waals surface area (Å²) in [5, 5.41) is 4.55. The van der Waals surface area contributed by atoms with Crippen LogP contribution in [0.4, 0.5) is 4.79 Å². The molecule has 22 heavy (non-hydrogen) atoms. The van der Waals surface area contributed by atoms with E-state index in [4.69, 9.17) is 27.9 Å². The lowest BCUT2D eigenvalue weighted by molar-refractivity contribution is 0.0122. The van der Waals surface area contributed by atoms with E-state index in [1.807, 2.05) is 32.9 Å². The summed E-state index contributed by atoms with van der Waals surface area (Å²) in [5.41, 5.74) is 0.484. The monoisotopic (exact) mass is 344 g/mol. The molecule has 0 radical (unpaired) electrons. The van der Waals surface area contributed by atoms with Gasteiger partial charge in [0.2, 0.25) is 0 Å². The summed E-state index contributed by atoms with van der Waals surface area (Å²) in [6.07, 6.45) is 0.395. The molecule has 1 aromatic rings. The maximum Gasteiger partial charge on any atom is 0.410 e. The number of nitrogens with zero attached hydrogens (tertiary/aromatic N) is 1. The third kappa shape index (κ3) is 4.77. The summed E-state index contributed by atoms with van der Waals surface area (Å²) in [5.74, 6) is 0. The highest BCUT2D eigenvalue weighted by atomic mass is 35.5. The van der Waals surface area contributed by atoms with Crippen LogP contribution in [0, 0.1) is 0 Å². The first-order valence-corrected chi connectivity index (χ1v) is 8.16. The predicted molar refractivity (Wildman–Crippen MR) is 89.8 cm³/mol. The molecule has 0 bridgehead atoms. The highest BCUT2D eigenvalue weighted by Gasteiger charge is 2.30. The van der Waals surface area contributed by atoms with E-state index in [1.54, 1.807) is 11.0 Å². The Morgan fingerprint density at radius 3 is 2.77 bits per heavy atom.